The van der Waals surface area contributed by atoms with Gasteiger partial charge in [-0.25, -0.2) is 0 Å². The fourth-order valence-corrected chi connectivity index (χ4v) is 2.85. The quantitative estimate of drug-likeness (QED) is 0.843. The Morgan fingerprint density at radius 1 is 1.27 bits per heavy atom. The largest absolute Gasteiger partial charge is 0.483 e. The molecule has 0 spiro atoms. The van der Waals surface area contributed by atoms with Gasteiger partial charge in [-0.15, -0.1) is 0 Å². The number of pyridine rings is 1. The van der Waals surface area contributed by atoms with Gasteiger partial charge in [0.15, 0.2) is 6.61 Å². The topological polar surface area (TPSA) is 51.2 Å². The Hall–Kier alpha value is -2.57. The van der Waals surface area contributed by atoms with Gasteiger partial charge in [-0.2, -0.15) is 13.2 Å². The first-order valence-electron chi connectivity index (χ1n) is 8.34. The first-order valence-corrected chi connectivity index (χ1v) is 8.34. The molecule has 7 heteroatoms. The van der Waals surface area contributed by atoms with E-state index in [2.05, 4.69) is 15.0 Å². The van der Waals surface area contributed by atoms with E-state index in [1.807, 2.05) is 30.3 Å². The second kappa shape index (κ2) is 7.35. The van der Waals surface area contributed by atoms with Crippen molar-refractivity contribution in [1.29, 1.82) is 0 Å². The molecule has 1 aromatic heterocycles. The number of hydrogen-bond donors (Lipinski definition) is 1. The number of hydrogen-bond acceptors (Lipinski definition) is 3. The molecule has 1 aliphatic carbocycles. The van der Waals surface area contributed by atoms with E-state index in [9.17, 15) is 18.0 Å². The van der Waals surface area contributed by atoms with Crippen LogP contribution < -0.4 is 10.1 Å². The van der Waals surface area contributed by atoms with Gasteiger partial charge in [0.05, 0.1) is 17.9 Å². The van der Waals surface area contributed by atoms with Crippen molar-refractivity contribution in [2.75, 3.05) is 6.61 Å². The van der Waals surface area contributed by atoms with Crippen molar-refractivity contribution in [2.45, 2.75) is 31.5 Å². The molecule has 3 rings (SSSR count). The molecule has 2 aromatic rings. The maximum absolute atomic E-state index is 12.4. The van der Waals surface area contributed by atoms with Crippen molar-refractivity contribution < 1.29 is 22.7 Å². The maximum atomic E-state index is 12.4. The number of benzene rings is 1. The van der Waals surface area contributed by atoms with Gasteiger partial charge in [-0.1, -0.05) is 30.3 Å². The lowest BCUT2D eigenvalue weighted by atomic mass is 10.1. The summed E-state index contributed by atoms with van der Waals surface area (Å²) >= 11 is 0. The number of halogens is 3. The predicted octanol–water partition coefficient (Wildman–Crippen LogP) is 4.00. The zero-order chi connectivity index (χ0) is 18.7. The number of nitrogens with zero attached hydrogens (tertiary/aromatic N) is 1. The Morgan fingerprint density at radius 3 is 2.62 bits per heavy atom. The van der Waals surface area contributed by atoms with Crippen LogP contribution in [0.25, 0.3) is 0 Å². The summed E-state index contributed by atoms with van der Waals surface area (Å²) in [6, 6.07) is 12.5. The van der Waals surface area contributed by atoms with Crippen LogP contribution in [0.5, 0.6) is 5.75 Å². The molecule has 1 fully saturated rings. The molecule has 1 N–H and O–H groups in total. The first kappa shape index (κ1) is 18.2. The second-order valence-corrected chi connectivity index (χ2v) is 6.41. The van der Waals surface area contributed by atoms with Gasteiger partial charge in [0.1, 0.15) is 5.75 Å². The summed E-state index contributed by atoms with van der Waals surface area (Å²) in [4.78, 5) is 16.4. The molecular formula is C19H19F3N2O2. The summed E-state index contributed by atoms with van der Waals surface area (Å²) in [7, 11) is 0. The van der Waals surface area contributed by atoms with E-state index in [0.29, 0.717) is 5.69 Å². The molecule has 4 nitrogen and oxygen atoms in total. The number of alkyl halides is 3. The number of carbonyl (C=O) groups is 1. The van der Waals surface area contributed by atoms with Crippen molar-refractivity contribution >= 4 is 5.91 Å². The lowest BCUT2D eigenvalue weighted by Gasteiger charge is -2.14. The Balaban J connectivity index is 1.52. The van der Waals surface area contributed by atoms with Gasteiger partial charge in [-0.3, -0.25) is 9.78 Å². The molecule has 26 heavy (non-hydrogen) atoms. The number of rotatable bonds is 6. The molecule has 138 valence electrons. The van der Waals surface area contributed by atoms with Crippen LogP contribution in [0.1, 0.15) is 36.6 Å². The molecule has 1 unspecified atom stereocenters. The molecule has 1 amide bonds. The van der Waals surface area contributed by atoms with E-state index in [0.717, 1.165) is 12.0 Å². The summed E-state index contributed by atoms with van der Waals surface area (Å²) in [5, 5.41) is 2.91. The monoisotopic (exact) mass is 364 g/mol. The fraction of sp³-hybridized carbons (Fsp3) is 0.368. The normalized spacial score (nSPS) is 20.3. The number of aromatic nitrogens is 1. The van der Waals surface area contributed by atoms with Crippen molar-refractivity contribution in [3.8, 4) is 5.75 Å². The van der Waals surface area contributed by atoms with E-state index in [1.54, 1.807) is 13.0 Å². The van der Waals surface area contributed by atoms with E-state index >= 15 is 0 Å². The van der Waals surface area contributed by atoms with Gasteiger partial charge >= 0.3 is 6.18 Å². The van der Waals surface area contributed by atoms with E-state index in [1.165, 1.54) is 12.3 Å². The molecule has 0 radical (unpaired) electrons. The van der Waals surface area contributed by atoms with Crippen LogP contribution >= 0.6 is 0 Å². The average molecular weight is 364 g/mol. The molecule has 0 saturated heterocycles. The number of carbonyl (C=O) groups excluding carboxylic acids is 1. The molecule has 3 atom stereocenters. The van der Waals surface area contributed by atoms with E-state index in [4.69, 9.17) is 0 Å². The summed E-state index contributed by atoms with van der Waals surface area (Å²) in [5.41, 5.74) is 1.72. The third-order valence-electron chi connectivity index (χ3n) is 4.32. The molecule has 0 bridgehead atoms. The van der Waals surface area contributed by atoms with E-state index < -0.39 is 12.8 Å². The van der Waals surface area contributed by atoms with Gasteiger partial charge < -0.3 is 10.1 Å². The van der Waals surface area contributed by atoms with Crippen LogP contribution in [0.3, 0.4) is 0 Å². The smallest absolute Gasteiger partial charge is 0.422 e. The summed E-state index contributed by atoms with van der Waals surface area (Å²) in [6.07, 6.45) is -2.34. The zero-order valence-electron chi connectivity index (χ0n) is 14.2. The summed E-state index contributed by atoms with van der Waals surface area (Å²) in [5.74, 6) is 0.199. The SMILES string of the molecule is CC(NC(=O)[C@@H]1C[C@H]1c1ccccc1)c1ccc(OCC(F)(F)F)cn1. The molecule has 1 aromatic carbocycles. The van der Waals surface area contributed by atoms with Crippen LogP contribution in [-0.4, -0.2) is 23.7 Å². The number of nitrogens with one attached hydrogen (secondary N) is 1. The Labute approximate surface area is 149 Å². The molecule has 1 heterocycles. The fourth-order valence-electron chi connectivity index (χ4n) is 2.85. The van der Waals surface area contributed by atoms with Crippen LogP contribution in [-0.2, 0) is 4.79 Å². The summed E-state index contributed by atoms with van der Waals surface area (Å²) < 4.78 is 41.0. The highest BCUT2D eigenvalue weighted by molar-refractivity contribution is 5.83. The first-order chi connectivity index (χ1) is 12.3. The maximum Gasteiger partial charge on any atom is 0.422 e. The lowest BCUT2D eigenvalue weighted by Crippen LogP contribution is -2.29. The standard InChI is InChI=1S/C19H19F3N2O2/c1-12(17-8-7-14(10-23-17)26-11-19(20,21)22)24-18(25)16-9-15(16)13-5-3-2-4-6-13/h2-8,10,12,15-16H,9,11H2,1H3,(H,24,25)/t12?,15-,16+/m0/s1. The van der Waals surface area contributed by atoms with Crippen molar-refractivity contribution in [3.05, 3.63) is 59.9 Å². The Morgan fingerprint density at radius 2 is 2.00 bits per heavy atom. The van der Waals surface area contributed by atoms with Gasteiger partial charge in [0.25, 0.3) is 0 Å². The third kappa shape index (κ3) is 4.74. The number of amides is 1. The number of ether oxygens (including phenoxy) is 1. The van der Waals surface area contributed by atoms with Gasteiger partial charge in [0.2, 0.25) is 5.91 Å². The molecule has 1 aliphatic rings. The molecule has 0 aliphatic heterocycles. The summed E-state index contributed by atoms with van der Waals surface area (Å²) in [6.45, 7) is 0.430. The van der Waals surface area contributed by atoms with Crippen LogP contribution in [0.15, 0.2) is 48.7 Å². The predicted molar refractivity (Wildman–Crippen MR) is 89.6 cm³/mol. The Bertz CT molecular complexity index is 748. The zero-order valence-corrected chi connectivity index (χ0v) is 14.2. The minimum Gasteiger partial charge on any atom is -0.483 e. The lowest BCUT2D eigenvalue weighted by molar-refractivity contribution is -0.153. The van der Waals surface area contributed by atoms with Crippen molar-refractivity contribution in [1.82, 2.24) is 10.3 Å². The van der Waals surface area contributed by atoms with Crippen molar-refractivity contribution in [3.63, 3.8) is 0 Å². The minimum atomic E-state index is -4.39. The highest BCUT2D eigenvalue weighted by Gasteiger charge is 2.44. The van der Waals surface area contributed by atoms with Gasteiger partial charge in [0, 0.05) is 5.92 Å². The van der Waals surface area contributed by atoms with Crippen LogP contribution in [0.2, 0.25) is 0 Å². The molecular weight excluding hydrogens is 345 g/mol. The average Bonchev–Trinajstić information content (AvgIpc) is 3.41. The second-order valence-electron chi connectivity index (χ2n) is 6.41. The van der Waals surface area contributed by atoms with E-state index in [-0.39, 0.29) is 29.5 Å². The third-order valence-corrected chi connectivity index (χ3v) is 4.32. The minimum absolute atomic E-state index is 0.0365. The van der Waals surface area contributed by atoms with Crippen molar-refractivity contribution in [2.24, 2.45) is 5.92 Å². The highest BCUT2D eigenvalue weighted by atomic mass is 19.4. The Kier molecular flexibility index (Phi) is 5.15. The van der Waals surface area contributed by atoms with Crippen LogP contribution in [0.4, 0.5) is 13.2 Å². The highest BCUT2D eigenvalue weighted by Crippen LogP contribution is 2.47. The van der Waals surface area contributed by atoms with Crippen LogP contribution in [0, 0.1) is 5.92 Å². The molecule has 1 saturated carbocycles. The van der Waals surface area contributed by atoms with Gasteiger partial charge in [-0.05, 0) is 37.0 Å².